The predicted molar refractivity (Wildman–Crippen MR) is 78.4 cm³/mol. The number of ether oxygens (including phenoxy) is 1. The minimum absolute atomic E-state index is 0.0702. The number of hydrogen-bond acceptors (Lipinski definition) is 3. The van der Waals surface area contributed by atoms with Crippen molar-refractivity contribution in [2.24, 2.45) is 5.14 Å². The minimum atomic E-state index is -3.67. The fraction of sp³-hybridized carbons (Fsp3) is 0.200. The third-order valence-corrected chi connectivity index (χ3v) is 3.84. The van der Waals surface area contributed by atoms with Gasteiger partial charge in [-0.05, 0) is 47.9 Å². The summed E-state index contributed by atoms with van der Waals surface area (Å²) >= 11 is 0. The molecule has 2 N–H and O–H groups in total. The molecule has 4 nitrogen and oxygen atoms in total. The van der Waals surface area contributed by atoms with Gasteiger partial charge in [-0.15, -0.1) is 0 Å². The Kier molecular flexibility index (Phi) is 4.11. The van der Waals surface area contributed by atoms with Crippen molar-refractivity contribution in [3.8, 4) is 11.5 Å². The second-order valence-corrected chi connectivity index (χ2v) is 6.41. The van der Waals surface area contributed by atoms with Crippen LogP contribution in [0.1, 0.15) is 25.3 Å². The largest absolute Gasteiger partial charge is 0.457 e. The maximum Gasteiger partial charge on any atom is 0.238 e. The molecular formula is C15H17NO3S. The summed E-state index contributed by atoms with van der Waals surface area (Å²) in [6, 6.07) is 13.8. The van der Waals surface area contributed by atoms with Crippen LogP contribution in [0.4, 0.5) is 0 Å². The van der Waals surface area contributed by atoms with Crippen LogP contribution in [0, 0.1) is 0 Å². The summed E-state index contributed by atoms with van der Waals surface area (Å²) < 4.78 is 28.0. The number of hydrogen-bond donors (Lipinski definition) is 1. The molecular weight excluding hydrogens is 274 g/mol. The number of nitrogens with two attached hydrogens (primary N) is 1. The van der Waals surface area contributed by atoms with Gasteiger partial charge in [0.05, 0.1) is 4.90 Å². The number of rotatable bonds is 4. The lowest BCUT2D eigenvalue weighted by Gasteiger charge is -2.10. The monoisotopic (exact) mass is 291 g/mol. The summed E-state index contributed by atoms with van der Waals surface area (Å²) in [6.45, 7) is 4.22. The first-order valence-corrected chi connectivity index (χ1v) is 7.81. The topological polar surface area (TPSA) is 69.4 Å². The van der Waals surface area contributed by atoms with E-state index >= 15 is 0 Å². The average molecular weight is 291 g/mol. The van der Waals surface area contributed by atoms with E-state index in [2.05, 4.69) is 13.8 Å². The molecule has 0 fully saturated rings. The van der Waals surface area contributed by atoms with E-state index in [0.29, 0.717) is 11.7 Å². The third kappa shape index (κ3) is 3.59. The summed E-state index contributed by atoms with van der Waals surface area (Å²) in [5, 5.41) is 5.04. The molecule has 2 rings (SSSR count). The molecule has 0 amide bonds. The Morgan fingerprint density at radius 2 is 1.65 bits per heavy atom. The molecule has 0 unspecified atom stereocenters. The smallest absolute Gasteiger partial charge is 0.238 e. The highest BCUT2D eigenvalue weighted by Gasteiger charge is 2.07. The zero-order valence-electron chi connectivity index (χ0n) is 11.4. The lowest BCUT2D eigenvalue weighted by Crippen LogP contribution is -2.11. The van der Waals surface area contributed by atoms with Crippen LogP contribution in [0.15, 0.2) is 53.4 Å². The SMILES string of the molecule is CC(C)c1cccc(Oc2ccc(S(N)(=O)=O)cc2)c1. The van der Waals surface area contributed by atoms with E-state index in [1.165, 1.54) is 17.7 Å². The van der Waals surface area contributed by atoms with E-state index in [4.69, 9.17) is 9.88 Å². The summed E-state index contributed by atoms with van der Waals surface area (Å²) in [6.07, 6.45) is 0. The molecule has 0 spiro atoms. The summed E-state index contributed by atoms with van der Waals surface area (Å²) in [7, 11) is -3.67. The van der Waals surface area contributed by atoms with Crippen molar-refractivity contribution in [2.45, 2.75) is 24.7 Å². The summed E-state index contributed by atoms with van der Waals surface area (Å²) in [4.78, 5) is 0.0702. The first kappa shape index (κ1) is 14.6. The van der Waals surface area contributed by atoms with E-state index in [-0.39, 0.29) is 4.90 Å². The first-order valence-electron chi connectivity index (χ1n) is 6.27. The van der Waals surface area contributed by atoms with Gasteiger partial charge < -0.3 is 4.74 Å². The molecule has 0 saturated heterocycles. The highest BCUT2D eigenvalue weighted by Crippen LogP contribution is 2.25. The predicted octanol–water partition coefficient (Wildman–Crippen LogP) is 3.25. The summed E-state index contributed by atoms with van der Waals surface area (Å²) in [5.74, 6) is 1.71. The molecule has 0 aliphatic carbocycles. The highest BCUT2D eigenvalue weighted by molar-refractivity contribution is 7.89. The average Bonchev–Trinajstić information content (AvgIpc) is 2.38. The molecule has 0 aliphatic rings. The molecule has 0 aromatic heterocycles. The van der Waals surface area contributed by atoms with Crippen molar-refractivity contribution in [3.05, 3.63) is 54.1 Å². The van der Waals surface area contributed by atoms with Crippen LogP contribution < -0.4 is 9.88 Å². The maximum atomic E-state index is 11.2. The van der Waals surface area contributed by atoms with Gasteiger partial charge in [0.1, 0.15) is 11.5 Å². The Morgan fingerprint density at radius 1 is 1.00 bits per heavy atom. The third-order valence-electron chi connectivity index (χ3n) is 2.91. The van der Waals surface area contributed by atoms with Gasteiger partial charge in [-0.1, -0.05) is 26.0 Å². The quantitative estimate of drug-likeness (QED) is 0.940. The van der Waals surface area contributed by atoms with Gasteiger partial charge in [-0.2, -0.15) is 0 Å². The lowest BCUT2D eigenvalue weighted by molar-refractivity contribution is 0.481. The normalized spacial score (nSPS) is 11.6. The van der Waals surface area contributed by atoms with Crippen LogP contribution in [-0.4, -0.2) is 8.42 Å². The van der Waals surface area contributed by atoms with Crippen molar-refractivity contribution < 1.29 is 13.2 Å². The molecule has 106 valence electrons. The number of sulfonamides is 1. The van der Waals surface area contributed by atoms with Crippen LogP contribution in [0.5, 0.6) is 11.5 Å². The van der Waals surface area contributed by atoms with E-state index in [9.17, 15) is 8.42 Å². The molecule has 20 heavy (non-hydrogen) atoms. The van der Waals surface area contributed by atoms with E-state index in [1.807, 2.05) is 24.3 Å². The zero-order chi connectivity index (χ0) is 14.8. The maximum absolute atomic E-state index is 11.2. The van der Waals surface area contributed by atoms with Crippen molar-refractivity contribution >= 4 is 10.0 Å². The van der Waals surface area contributed by atoms with Gasteiger partial charge in [0.2, 0.25) is 10.0 Å². The molecule has 0 atom stereocenters. The van der Waals surface area contributed by atoms with Gasteiger partial charge in [-0.3, -0.25) is 0 Å². The van der Waals surface area contributed by atoms with Gasteiger partial charge in [-0.25, -0.2) is 13.6 Å². The fourth-order valence-electron chi connectivity index (χ4n) is 1.77. The number of primary sulfonamides is 1. The van der Waals surface area contributed by atoms with E-state index < -0.39 is 10.0 Å². The van der Waals surface area contributed by atoms with E-state index in [0.717, 1.165) is 5.75 Å². The van der Waals surface area contributed by atoms with Gasteiger partial charge in [0.25, 0.3) is 0 Å². The Labute approximate surface area is 119 Å². The number of benzene rings is 2. The molecule has 2 aromatic rings. The summed E-state index contributed by atoms with van der Waals surface area (Å²) in [5.41, 5.74) is 1.18. The second kappa shape index (κ2) is 5.64. The van der Waals surface area contributed by atoms with Crippen molar-refractivity contribution in [1.29, 1.82) is 0 Å². The Bertz CT molecular complexity index is 691. The fourth-order valence-corrected chi connectivity index (χ4v) is 2.29. The second-order valence-electron chi connectivity index (χ2n) is 4.85. The Hall–Kier alpha value is -1.85. The van der Waals surface area contributed by atoms with Crippen LogP contribution in [0.2, 0.25) is 0 Å². The van der Waals surface area contributed by atoms with Crippen molar-refractivity contribution in [2.75, 3.05) is 0 Å². The molecule has 0 bridgehead atoms. The Balaban J connectivity index is 2.20. The van der Waals surface area contributed by atoms with Crippen LogP contribution >= 0.6 is 0 Å². The molecule has 0 heterocycles. The zero-order valence-corrected chi connectivity index (χ0v) is 12.2. The first-order chi connectivity index (χ1) is 9.36. The molecule has 5 heteroatoms. The van der Waals surface area contributed by atoms with Crippen molar-refractivity contribution in [1.82, 2.24) is 0 Å². The van der Waals surface area contributed by atoms with Crippen LogP contribution in [0.3, 0.4) is 0 Å². The minimum Gasteiger partial charge on any atom is -0.457 e. The van der Waals surface area contributed by atoms with Crippen LogP contribution in [0.25, 0.3) is 0 Å². The molecule has 0 aliphatic heterocycles. The Morgan fingerprint density at radius 3 is 2.20 bits per heavy atom. The van der Waals surface area contributed by atoms with Crippen LogP contribution in [-0.2, 0) is 10.0 Å². The molecule has 0 saturated carbocycles. The highest BCUT2D eigenvalue weighted by atomic mass is 32.2. The van der Waals surface area contributed by atoms with Crippen molar-refractivity contribution in [3.63, 3.8) is 0 Å². The van der Waals surface area contributed by atoms with Gasteiger partial charge >= 0.3 is 0 Å². The van der Waals surface area contributed by atoms with E-state index in [1.54, 1.807) is 12.1 Å². The molecule has 0 radical (unpaired) electrons. The molecule has 2 aromatic carbocycles. The van der Waals surface area contributed by atoms with Gasteiger partial charge in [0.15, 0.2) is 0 Å². The lowest BCUT2D eigenvalue weighted by atomic mass is 10.0. The standard InChI is InChI=1S/C15H17NO3S/c1-11(2)12-4-3-5-14(10-12)19-13-6-8-15(9-7-13)20(16,17)18/h3-11H,1-2H3,(H2,16,17,18). The van der Waals surface area contributed by atoms with Gasteiger partial charge in [0, 0.05) is 0 Å².